The van der Waals surface area contributed by atoms with Crippen molar-refractivity contribution in [2.45, 2.75) is 19.5 Å². The van der Waals surface area contributed by atoms with Gasteiger partial charge in [-0.3, -0.25) is 9.88 Å². The van der Waals surface area contributed by atoms with Crippen molar-refractivity contribution in [1.82, 2.24) is 14.5 Å². The van der Waals surface area contributed by atoms with Crippen LogP contribution in [0.1, 0.15) is 17.7 Å². The molecule has 2 heterocycles. The number of benzene rings is 1. The van der Waals surface area contributed by atoms with Gasteiger partial charge in [0.25, 0.3) is 0 Å². The fourth-order valence-electron chi connectivity index (χ4n) is 3.12. The van der Waals surface area contributed by atoms with Crippen LogP contribution in [0, 0.1) is 22.7 Å². The van der Waals surface area contributed by atoms with Crippen LogP contribution in [0.15, 0.2) is 55.0 Å². The van der Waals surface area contributed by atoms with Gasteiger partial charge in [-0.05, 0) is 18.2 Å². The molecule has 0 aliphatic heterocycles. The summed E-state index contributed by atoms with van der Waals surface area (Å²) in [5.41, 5.74) is 3.00. The molecule has 0 unspecified atom stereocenters. The van der Waals surface area contributed by atoms with E-state index in [0.717, 1.165) is 29.8 Å². The van der Waals surface area contributed by atoms with Gasteiger partial charge in [-0.15, -0.1) is 0 Å². The molecule has 0 spiro atoms. The molecule has 7 heteroatoms. The minimum absolute atomic E-state index is 0.430. The van der Waals surface area contributed by atoms with E-state index in [9.17, 15) is 5.26 Å². The largest absolute Gasteiger partial charge is 0.339 e. The highest BCUT2D eigenvalue weighted by Gasteiger charge is 2.15. The van der Waals surface area contributed by atoms with Crippen LogP contribution in [0.2, 0.25) is 10.0 Å². The number of halogens is 2. The van der Waals surface area contributed by atoms with Gasteiger partial charge < -0.3 is 4.57 Å². The van der Waals surface area contributed by atoms with Crippen molar-refractivity contribution in [1.29, 1.82) is 10.5 Å². The summed E-state index contributed by atoms with van der Waals surface area (Å²) in [4.78, 5) is 6.53. The number of nitriles is 2. The number of hydrogen-bond acceptors (Lipinski definition) is 4. The molecule has 2 aromatic heterocycles. The predicted molar refractivity (Wildman–Crippen MR) is 114 cm³/mol. The molecular weight excluding hydrogens is 405 g/mol. The normalized spacial score (nSPS) is 10.7. The zero-order chi connectivity index (χ0) is 20.6. The molecule has 5 nitrogen and oxygen atoms in total. The van der Waals surface area contributed by atoms with Gasteiger partial charge in [-0.1, -0.05) is 41.4 Å². The second-order valence-corrected chi connectivity index (χ2v) is 7.34. The average molecular weight is 424 g/mol. The number of aromatic nitrogens is 2. The Kier molecular flexibility index (Phi) is 7.27. The lowest BCUT2D eigenvalue weighted by Gasteiger charge is -2.21. The van der Waals surface area contributed by atoms with E-state index in [0.29, 0.717) is 35.2 Å². The Morgan fingerprint density at radius 3 is 2.59 bits per heavy atom. The SMILES string of the molecule is N#CCCN(CCc1ccccn1)Cn1cc(C#N)c(-c2cccc(Cl)c2Cl)c1. The second-order valence-electron chi connectivity index (χ2n) is 6.55. The fraction of sp³-hybridized carbons (Fsp3) is 0.227. The van der Waals surface area contributed by atoms with Crippen molar-refractivity contribution in [3.8, 4) is 23.3 Å². The molecule has 0 radical (unpaired) electrons. The van der Waals surface area contributed by atoms with Gasteiger partial charge >= 0.3 is 0 Å². The van der Waals surface area contributed by atoms with E-state index < -0.39 is 0 Å². The first-order valence-corrected chi connectivity index (χ1v) is 9.91. The molecule has 0 aliphatic rings. The van der Waals surface area contributed by atoms with E-state index in [-0.39, 0.29) is 0 Å². The molecule has 0 N–H and O–H groups in total. The lowest BCUT2D eigenvalue weighted by molar-refractivity contribution is 0.225. The topological polar surface area (TPSA) is 68.6 Å². The third kappa shape index (κ3) is 5.37. The third-order valence-electron chi connectivity index (χ3n) is 4.56. The number of pyridine rings is 1. The molecular formula is C22H19Cl2N5. The number of hydrogen-bond donors (Lipinski definition) is 0. The molecule has 0 amide bonds. The van der Waals surface area contributed by atoms with Crippen molar-refractivity contribution < 1.29 is 0 Å². The summed E-state index contributed by atoms with van der Waals surface area (Å²) >= 11 is 12.5. The minimum atomic E-state index is 0.430. The first kappa shape index (κ1) is 20.9. The Morgan fingerprint density at radius 2 is 1.86 bits per heavy atom. The van der Waals surface area contributed by atoms with E-state index >= 15 is 0 Å². The van der Waals surface area contributed by atoms with E-state index in [1.54, 1.807) is 18.5 Å². The molecule has 1 aromatic carbocycles. The van der Waals surface area contributed by atoms with E-state index in [2.05, 4.69) is 22.0 Å². The Balaban J connectivity index is 1.80. The lowest BCUT2D eigenvalue weighted by atomic mass is 10.1. The molecule has 0 saturated heterocycles. The van der Waals surface area contributed by atoms with Crippen LogP contribution in [-0.4, -0.2) is 27.5 Å². The molecule has 0 bridgehead atoms. The van der Waals surface area contributed by atoms with E-state index in [1.807, 2.05) is 41.1 Å². The van der Waals surface area contributed by atoms with Crippen molar-refractivity contribution in [3.05, 3.63) is 76.3 Å². The van der Waals surface area contributed by atoms with Crippen LogP contribution < -0.4 is 0 Å². The number of rotatable bonds is 8. The van der Waals surface area contributed by atoms with Crippen LogP contribution in [0.25, 0.3) is 11.1 Å². The second kappa shape index (κ2) is 10.1. The molecule has 3 rings (SSSR count). The monoisotopic (exact) mass is 423 g/mol. The highest BCUT2D eigenvalue weighted by molar-refractivity contribution is 6.43. The van der Waals surface area contributed by atoms with Gasteiger partial charge in [0.05, 0.1) is 28.3 Å². The first-order valence-electron chi connectivity index (χ1n) is 9.16. The van der Waals surface area contributed by atoms with Crippen LogP contribution in [0.4, 0.5) is 0 Å². The Hall–Kier alpha value is -2.83. The molecule has 29 heavy (non-hydrogen) atoms. The Bertz CT molecular complexity index is 1050. The van der Waals surface area contributed by atoms with Crippen LogP contribution >= 0.6 is 23.2 Å². The summed E-state index contributed by atoms with van der Waals surface area (Å²) < 4.78 is 1.95. The van der Waals surface area contributed by atoms with Crippen molar-refractivity contribution >= 4 is 23.2 Å². The average Bonchev–Trinajstić information content (AvgIpc) is 3.15. The van der Waals surface area contributed by atoms with E-state index in [4.69, 9.17) is 28.5 Å². The van der Waals surface area contributed by atoms with Gasteiger partial charge in [0.15, 0.2) is 0 Å². The molecule has 3 aromatic rings. The summed E-state index contributed by atoms with van der Waals surface area (Å²) in [6.45, 7) is 1.95. The van der Waals surface area contributed by atoms with Crippen molar-refractivity contribution in [3.63, 3.8) is 0 Å². The highest BCUT2D eigenvalue weighted by Crippen LogP contribution is 2.35. The molecule has 146 valence electrons. The predicted octanol–water partition coefficient (Wildman–Crippen LogP) is 5.14. The zero-order valence-electron chi connectivity index (χ0n) is 15.7. The lowest BCUT2D eigenvalue weighted by Crippen LogP contribution is -2.29. The van der Waals surface area contributed by atoms with Gasteiger partial charge in [0, 0.05) is 61.3 Å². The summed E-state index contributed by atoms with van der Waals surface area (Å²) in [7, 11) is 0. The van der Waals surface area contributed by atoms with Gasteiger partial charge in [0.1, 0.15) is 6.07 Å². The number of nitrogens with zero attached hydrogens (tertiary/aromatic N) is 5. The summed E-state index contributed by atoms with van der Waals surface area (Å²) in [5.74, 6) is 0. The van der Waals surface area contributed by atoms with Gasteiger partial charge in [-0.2, -0.15) is 10.5 Å². The van der Waals surface area contributed by atoms with Crippen LogP contribution in [0.5, 0.6) is 0 Å². The maximum atomic E-state index is 9.58. The summed E-state index contributed by atoms with van der Waals surface area (Å²) in [6.07, 6.45) is 6.69. The Morgan fingerprint density at radius 1 is 1.00 bits per heavy atom. The minimum Gasteiger partial charge on any atom is -0.339 e. The van der Waals surface area contributed by atoms with Crippen molar-refractivity contribution in [2.75, 3.05) is 13.1 Å². The third-order valence-corrected chi connectivity index (χ3v) is 5.37. The van der Waals surface area contributed by atoms with Crippen LogP contribution in [0.3, 0.4) is 0 Å². The van der Waals surface area contributed by atoms with Gasteiger partial charge in [-0.25, -0.2) is 0 Å². The standard InChI is InChI=1S/C22H19Cl2N5/c23-21-7-3-6-19(22(21)24)20-15-29(14-17(20)13-26)16-28(11-4-9-25)12-8-18-5-1-2-10-27-18/h1-3,5-7,10,14-15H,4,8,11-12,16H2. The van der Waals surface area contributed by atoms with E-state index in [1.165, 1.54) is 0 Å². The molecule has 0 atom stereocenters. The Labute approximate surface area is 180 Å². The smallest absolute Gasteiger partial charge is 0.101 e. The maximum Gasteiger partial charge on any atom is 0.101 e. The van der Waals surface area contributed by atoms with Crippen molar-refractivity contribution in [2.24, 2.45) is 0 Å². The quantitative estimate of drug-likeness (QED) is 0.502. The zero-order valence-corrected chi connectivity index (χ0v) is 17.2. The molecule has 0 fully saturated rings. The fourth-order valence-corrected chi connectivity index (χ4v) is 3.52. The van der Waals surface area contributed by atoms with Crippen LogP contribution in [-0.2, 0) is 13.1 Å². The molecule has 0 aliphatic carbocycles. The highest BCUT2D eigenvalue weighted by atomic mass is 35.5. The van der Waals surface area contributed by atoms with Gasteiger partial charge in [0.2, 0.25) is 0 Å². The first-order chi connectivity index (χ1) is 14.1. The summed E-state index contributed by atoms with van der Waals surface area (Å²) in [5, 5.41) is 19.4. The maximum absolute atomic E-state index is 9.58. The molecule has 0 saturated carbocycles. The summed E-state index contributed by atoms with van der Waals surface area (Å²) in [6, 6.07) is 15.7.